The average molecular weight is 583 g/mol. The van der Waals surface area contributed by atoms with Crippen molar-refractivity contribution in [2.24, 2.45) is 5.92 Å². The van der Waals surface area contributed by atoms with Crippen molar-refractivity contribution in [1.29, 1.82) is 0 Å². The number of carbonyl (C=O) groups excluding carboxylic acids is 1. The number of Topliss-reactive ketones (excluding diaryl/α,β-unsaturated/α-hetero) is 1. The molecule has 0 N–H and O–H groups in total. The molecular formula is C42H62O. The fourth-order valence-electron chi connectivity index (χ4n) is 4.37. The Kier molecular flexibility index (Phi) is 22.5. The van der Waals surface area contributed by atoms with Gasteiger partial charge < -0.3 is 0 Å². The van der Waals surface area contributed by atoms with E-state index >= 15 is 0 Å². The van der Waals surface area contributed by atoms with Gasteiger partial charge in [-0.1, -0.05) is 171 Å². The van der Waals surface area contributed by atoms with Crippen LogP contribution in [-0.2, 0) is 6.42 Å². The SMILES string of the molecule is C=C(CC(CCc1cccc(C(C)=O)c1)C(=C)C)c1ccc(-c2ccc(C)cc2)cc1.CCC.CCC.CCCCCC. The van der Waals surface area contributed by atoms with Crippen LogP contribution >= 0.6 is 0 Å². The maximum absolute atomic E-state index is 11.6. The fourth-order valence-corrected chi connectivity index (χ4v) is 4.37. The topological polar surface area (TPSA) is 17.1 Å². The minimum atomic E-state index is 0.112. The summed E-state index contributed by atoms with van der Waals surface area (Å²) in [4.78, 5) is 11.6. The van der Waals surface area contributed by atoms with Gasteiger partial charge in [0, 0.05) is 5.56 Å². The lowest BCUT2D eigenvalue weighted by molar-refractivity contribution is 0.101. The standard InChI is InChI=1S/C30H32O.C6H14.2C3H8/c1-21(2)29(14-11-25-7-6-8-30(20-25)24(5)31)19-23(4)26-15-17-28(18-16-26)27-12-9-22(3)10-13-27;1-3-5-6-4-2;2*1-3-2/h6-10,12-13,15-18,20,29H,1,4,11,14,19H2,2-3,5H3;3-6H2,1-2H3;2*3H2,1-2H3. The highest BCUT2D eigenvalue weighted by Crippen LogP contribution is 2.30. The zero-order valence-electron chi connectivity index (χ0n) is 29.2. The van der Waals surface area contributed by atoms with E-state index in [0.29, 0.717) is 5.92 Å². The van der Waals surface area contributed by atoms with E-state index in [1.54, 1.807) is 6.92 Å². The quantitative estimate of drug-likeness (QED) is 0.118. The molecule has 0 radical (unpaired) electrons. The smallest absolute Gasteiger partial charge is 0.159 e. The Morgan fingerprint density at radius 3 is 1.63 bits per heavy atom. The molecule has 1 nitrogen and oxygen atoms in total. The van der Waals surface area contributed by atoms with Crippen molar-refractivity contribution in [2.75, 3.05) is 0 Å². The molecule has 0 bridgehead atoms. The highest BCUT2D eigenvalue weighted by molar-refractivity contribution is 5.94. The third kappa shape index (κ3) is 17.5. The van der Waals surface area contributed by atoms with E-state index in [1.165, 1.54) is 71.9 Å². The summed E-state index contributed by atoms with van der Waals surface area (Å²) < 4.78 is 0. The molecule has 0 amide bonds. The second kappa shape index (κ2) is 24.3. The largest absolute Gasteiger partial charge is 0.295 e. The van der Waals surface area contributed by atoms with E-state index in [4.69, 9.17) is 0 Å². The van der Waals surface area contributed by atoms with Crippen molar-refractivity contribution >= 4 is 11.4 Å². The summed E-state index contributed by atoms with van der Waals surface area (Å²) in [5, 5.41) is 0. The van der Waals surface area contributed by atoms with Gasteiger partial charge in [-0.25, -0.2) is 0 Å². The van der Waals surface area contributed by atoms with E-state index in [-0.39, 0.29) is 5.78 Å². The molecule has 3 aromatic rings. The van der Waals surface area contributed by atoms with E-state index in [9.17, 15) is 4.79 Å². The first kappa shape index (κ1) is 39.8. The first-order chi connectivity index (χ1) is 20.6. The van der Waals surface area contributed by atoms with Gasteiger partial charge in [0.2, 0.25) is 0 Å². The van der Waals surface area contributed by atoms with Crippen LogP contribution in [0.2, 0.25) is 0 Å². The summed E-state index contributed by atoms with van der Waals surface area (Å²) in [7, 11) is 0. The molecule has 0 aromatic heterocycles. The summed E-state index contributed by atoms with van der Waals surface area (Å²) in [6.45, 7) is 27.4. The zero-order chi connectivity index (χ0) is 32.6. The van der Waals surface area contributed by atoms with Gasteiger partial charge in [0.05, 0.1) is 0 Å². The molecule has 1 unspecified atom stereocenters. The van der Waals surface area contributed by atoms with Crippen LogP contribution in [0.4, 0.5) is 0 Å². The van der Waals surface area contributed by atoms with Gasteiger partial charge in [0.1, 0.15) is 0 Å². The maximum Gasteiger partial charge on any atom is 0.159 e. The zero-order valence-corrected chi connectivity index (χ0v) is 29.2. The molecule has 0 saturated carbocycles. The molecule has 1 atom stereocenters. The second-order valence-electron chi connectivity index (χ2n) is 11.7. The number of carbonyl (C=O) groups is 1. The van der Waals surface area contributed by atoms with Crippen molar-refractivity contribution in [2.45, 2.75) is 120 Å². The van der Waals surface area contributed by atoms with Crippen molar-refractivity contribution in [3.8, 4) is 11.1 Å². The van der Waals surface area contributed by atoms with Gasteiger partial charge in [-0.05, 0) is 79.8 Å². The molecule has 1 heteroatoms. The number of rotatable bonds is 12. The van der Waals surface area contributed by atoms with Crippen molar-refractivity contribution in [3.63, 3.8) is 0 Å². The van der Waals surface area contributed by atoms with E-state index in [0.717, 1.165) is 30.4 Å². The van der Waals surface area contributed by atoms with Gasteiger partial charge in [0.25, 0.3) is 0 Å². The number of allylic oxidation sites excluding steroid dienone is 2. The molecule has 0 heterocycles. The Hall–Kier alpha value is -3.19. The number of hydrogen-bond donors (Lipinski definition) is 0. The van der Waals surface area contributed by atoms with Gasteiger partial charge in [-0.2, -0.15) is 0 Å². The predicted molar refractivity (Wildman–Crippen MR) is 195 cm³/mol. The monoisotopic (exact) mass is 582 g/mol. The fraction of sp³-hybridized carbons (Fsp3) is 0.452. The Bertz CT molecular complexity index is 1160. The number of ketones is 1. The van der Waals surface area contributed by atoms with Crippen molar-refractivity contribution in [1.82, 2.24) is 0 Å². The highest BCUT2D eigenvalue weighted by Gasteiger charge is 2.13. The summed E-state index contributed by atoms with van der Waals surface area (Å²) in [5.74, 6) is 0.478. The second-order valence-corrected chi connectivity index (χ2v) is 11.7. The van der Waals surface area contributed by atoms with Crippen LogP contribution in [-0.4, -0.2) is 5.78 Å². The molecule has 3 rings (SSSR count). The van der Waals surface area contributed by atoms with Gasteiger partial charge in [-0.3, -0.25) is 4.79 Å². The van der Waals surface area contributed by atoms with Crippen LogP contribution in [0.15, 0.2) is 91.5 Å². The summed E-state index contributed by atoms with van der Waals surface area (Å²) in [6.07, 6.45) is 10.9. The summed E-state index contributed by atoms with van der Waals surface area (Å²) in [6, 6.07) is 25.3. The molecule has 0 aliphatic heterocycles. The Labute approximate surface area is 266 Å². The number of hydrogen-bond acceptors (Lipinski definition) is 1. The van der Waals surface area contributed by atoms with Crippen molar-refractivity contribution in [3.05, 3.63) is 114 Å². The molecule has 43 heavy (non-hydrogen) atoms. The number of unbranched alkanes of at least 4 members (excludes halogenated alkanes) is 3. The molecule has 0 saturated heterocycles. The van der Waals surface area contributed by atoms with Crippen LogP contribution < -0.4 is 0 Å². The molecule has 0 aliphatic carbocycles. The van der Waals surface area contributed by atoms with Crippen LogP contribution in [0.1, 0.15) is 134 Å². The van der Waals surface area contributed by atoms with Crippen LogP contribution in [0, 0.1) is 12.8 Å². The Morgan fingerprint density at radius 2 is 1.19 bits per heavy atom. The molecular weight excluding hydrogens is 520 g/mol. The Balaban J connectivity index is 0.00000125. The first-order valence-electron chi connectivity index (χ1n) is 16.7. The average Bonchev–Trinajstić information content (AvgIpc) is 2.99. The Morgan fingerprint density at radius 1 is 0.698 bits per heavy atom. The molecule has 236 valence electrons. The normalized spacial score (nSPS) is 10.5. The minimum Gasteiger partial charge on any atom is -0.295 e. The van der Waals surface area contributed by atoms with Gasteiger partial charge >= 0.3 is 0 Å². The van der Waals surface area contributed by atoms with Crippen LogP contribution in [0.25, 0.3) is 16.7 Å². The number of aryl methyl sites for hydroxylation is 2. The third-order valence-corrected chi connectivity index (χ3v) is 6.94. The highest BCUT2D eigenvalue weighted by atomic mass is 16.1. The molecule has 0 fully saturated rings. The molecule has 0 spiro atoms. The number of benzene rings is 3. The third-order valence-electron chi connectivity index (χ3n) is 6.94. The van der Waals surface area contributed by atoms with E-state index in [1.807, 2.05) is 18.2 Å². The summed E-state index contributed by atoms with van der Waals surface area (Å²) in [5.41, 5.74) is 9.21. The van der Waals surface area contributed by atoms with Crippen LogP contribution in [0.3, 0.4) is 0 Å². The van der Waals surface area contributed by atoms with E-state index < -0.39 is 0 Å². The van der Waals surface area contributed by atoms with Crippen molar-refractivity contribution < 1.29 is 4.79 Å². The lowest BCUT2D eigenvalue weighted by atomic mass is 9.86. The van der Waals surface area contributed by atoms with Gasteiger partial charge in [-0.15, -0.1) is 0 Å². The van der Waals surface area contributed by atoms with Gasteiger partial charge in [0.15, 0.2) is 5.78 Å². The van der Waals surface area contributed by atoms with E-state index in [2.05, 4.69) is 123 Å². The van der Waals surface area contributed by atoms with Crippen LogP contribution in [0.5, 0.6) is 0 Å². The lowest BCUT2D eigenvalue weighted by Gasteiger charge is -2.19. The molecule has 3 aromatic carbocycles. The minimum absolute atomic E-state index is 0.112. The molecule has 0 aliphatic rings. The first-order valence-corrected chi connectivity index (χ1v) is 16.7. The summed E-state index contributed by atoms with van der Waals surface area (Å²) >= 11 is 0. The lowest BCUT2D eigenvalue weighted by Crippen LogP contribution is -2.05. The maximum atomic E-state index is 11.6. The predicted octanol–water partition coefficient (Wildman–Crippen LogP) is 13.5.